The molecule has 0 saturated heterocycles. The number of aromatic nitrogens is 1. The van der Waals surface area contributed by atoms with Crippen LogP contribution in [0.3, 0.4) is 0 Å². The van der Waals surface area contributed by atoms with Crippen molar-refractivity contribution >= 4 is 5.97 Å². The molecule has 0 saturated carbocycles. The van der Waals surface area contributed by atoms with Crippen molar-refractivity contribution in [2.75, 3.05) is 0 Å². The van der Waals surface area contributed by atoms with Crippen molar-refractivity contribution in [3.63, 3.8) is 0 Å². The molecule has 3 N–H and O–H groups in total. The van der Waals surface area contributed by atoms with E-state index in [1.807, 2.05) is 0 Å². The number of aryl methyl sites for hydroxylation is 1. The van der Waals surface area contributed by atoms with E-state index in [4.69, 9.17) is 10.8 Å². The van der Waals surface area contributed by atoms with Gasteiger partial charge in [0.15, 0.2) is 0 Å². The van der Waals surface area contributed by atoms with Gasteiger partial charge in [-0.2, -0.15) is 0 Å². The first-order chi connectivity index (χ1) is 6.57. The highest BCUT2D eigenvalue weighted by molar-refractivity contribution is 5.90. The molecule has 14 heavy (non-hydrogen) atoms. The highest BCUT2D eigenvalue weighted by Gasteiger charge is 2.17. The van der Waals surface area contributed by atoms with Gasteiger partial charge in [-0.3, -0.25) is 4.98 Å². The molecule has 0 aliphatic carbocycles. The molecule has 0 radical (unpaired) electrons. The number of carbonyl (C=O) groups is 1. The lowest BCUT2D eigenvalue weighted by Gasteiger charge is -2.10. The second-order valence-corrected chi connectivity index (χ2v) is 2.95. The highest BCUT2D eigenvalue weighted by Crippen LogP contribution is 2.17. The Labute approximate surface area is 82.1 Å². The second-order valence-electron chi connectivity index (χ2n) is 2.95. The average molecular weight is 192 g/mol. The molecule has 1 atom stereocenters. The Morgan fingerprint density at radius 2 is 2.43 bits per heavy atom. The van der Waals surface area contributed by atoms with Crippen LogP contribution in [0.4, 0.5) is 0 Å². The number of aromatic carboxylic acids is 1. The fourth-order valence-corrected chi connectivity index (χ4v) is 1.22. The Balaban J connectivity index is 3.35. The van der Waals surface area contributed by atoms with E-state index in [0.29, 0.717) is 11.3 Å². The maximum Gasteiger partial charge on any atom is 0.337 e. The molecule has 0 aliphatic rings. The molecule has 74 valence electrons. The van der Waals surface area contributed by atoms with Crippen molar-refractivity contribution in [1.82, 2.24) is 4.98 Å². The van der Waals surface area contributed by atoms with Crippen LogP contribution < -0.4 is 5.73 Å². The first kappa shape index (κ1) is 10.4. The Morgan fingerprint density at radius 3 is 2.93 bits per heavy atom. The lowest BCUT2D eigenvalue weighted by Crippen LogP contribution is -2.15. The summed E-state index contributed by atoms with van der Waals surface area (Å²) < 4.78 is 0. The van der Waals surface area contributed by atoms with Gasteiger partial charge in [0, 0.05) is 6.20 Å². The third-order valence-electron chi connectivity index (χ3n) is 1.97. The molecule has 0 spiro atoms. The van der Waals surface area contributed by atoms with E-state index >= 15 is 0 Å². The Hall–Kier alpha value is -1.68. The fraction of sp³-hybridized carbons (Fsp3) is 0.200. The summed E-state index contributed by atoms with van der Waals surface area (Å²) in [5.41, 5.74) is 6.83. The topological polar surface area (TPSA) is 76.2 Å². The number of hydrogen-bond acceptors (Lipinski definition) is 3. The second kappa shape index (κ2) is 4.02. The number of pyridine rings is 1. The molecule has 4 nitrogen and oxygen atoms in total. The minimum atomic E-state index is -1.01. The maximum absolute atomic E-state index is 10.9. The van der Waals surface area contributed by atoms with E-state index in [9.17, 15) is 4.79 Å². The van der Waals surface area contributed by atoms with Crippen LogP contribution in [0.5, 0.6) is 0 Å². The zero-order valence-electron chi connectivity index (χ0n) is 7.90. The van der Waals surface area contributed by atoms with E-state index in [-0.39, 0.29) is 5.56 Å². The van der Waals surface area contributed by atoms with E-state index < -0.39 is 12.0 Å². The summed E-state index contributed by atoms with van der Waals surface area (Å²) in [5, 5.41) is 8.96. The van der Waals surface area contributed by atoms with Crippen molar-refractivity contribution in [3.8, 4) is 0 Å². The van der Waals surface area contributed by atoms with Crippen LogP contribution in [0, 0.1) is 6.92 Å². The molecule has 1 aromatic rings. The lowest BCUT2D eigenvalue weighted by molar-refractivity contribution is 0.0694. The van der Waals surface area contributed by atoms with Gasteiger partial charge in [0.1, 0.15) is 0 Å². The van der Waals surface area contributed by atoms with Crippen molar-refractivity contribution in [2.45, 2.75) is 13.0 Å². The van der Waals surface area contributed by atoms with Gasteiger partial charge in [0.05, 0.1) is 17.3 Å². The molecule has 0 unspecified atom stereocenters. The molecule has 0 fully saturated rings. The molecular formula is C10H12N2O2. The molecule has 0 aliphatic heterocycles. The van der Waals surface area contributed by atoms with Gasteiger partial charge >= 0.3 is 5.97 Å². The zero-order chi connectivity index (χ0) is 10.7. The number of rotatable bonds is 3. The first-order valence-corrected chi connectivity index (χ1v) is 4.15. The van der Waals surface area contributed by atoms with Crippen molar-refractivity contribution < 1.29 is 9.90 Å². The normalized spacial score (nSPS) is 12.1. The van der Waals surface area contributed by atoms with Crippen molar-refractivity contribution in [1.29, 1.82) is 0 Å². The van der Waals surface area contributed by atoms with Crippen LogP contribution in [-0.4, -0.2) is 16.1 Å². The van der Waals surface area contributed by atoms with Crippen LogP contribution in [0.15, 0.2) is 24.9 Å². The third-order valence-corrected chi connectivity index (χ3v) is 1.97. The SMILES string of the molecule is C=C[C@@H](N)c1nccc(C)c1C(=O)O. The van der Waals surface area contributed by atoms with E-state index in [1.54, 1.807) is 19.2 Å². The van der Waals surface area contributed by atoms with E-state index in [1.165, 1.54) is 6.08 Å². The number of carboxylic acid groups (broad SMARTS) is 1. The van der Waals surface area contributed by atoms with E-state index in [0.717, 1.165) is 0 Å². The van der Waals surface area contributed by atoms with E-state index in [2.05, 4.69) is 11.6 Å². The van der Waals surface area contributed by atoms with Gasteiger partial charge in [0.2, 0.25) is 0 Å². The molecule has 1 heterocycles. The standard InChI is InChI=1S/C10H12N2O2/c1-3-7(11)9-8(10(13)14)6(2)4-5-12-9/h3-5,7H,1,11H2,2H3,(H,13,14)/t7-/m1/s1. The summed E-state index contributed by atoms with van der Waals surface area (Å²) in [6.07, 6.45) is 3.01. The first-order valence-electron chi connectivity index (χ1n) is 4.15. The Morgan fingerprint density at radius 1 is 1.79 bits per heavy atom. The predicted molar refractivity (Wildman–Crippen MR) is 53.1 cm³/mol. The molecule has 1 rings (SSSR count). The lowest BCUT2D eigenvalue weighted by atomic mass is 10.0. The number of carboxylic acids is 1. The van der Waals surface area contributed by atoms with Crippen molar-refractivity contribution in [2.24, 2.45) is 5.73 Å². The minimum absolute atomic E-state index is 0.167. The molecule has 1 aromatic heterocycles. The van der Waals surface area contributed by atoms with Crippen LogP contribution in [0.2, 0.25) is 0 Å². The third kappa shape index (κ3) is 1.80. The summed E-state index contributed by atoms with van der Waals surface area (Å²) in [6.45, 7) is 5.22. The summed E-state index contributed by atoms with van der Waals surface area (Å²) in [5.74, 6) is -1.01. The van der Waals surface area contributed by atoms with Crippen LogP contribution in [0.25, 0.3) is 0 Å². The minimum Gasteiger partial charge on any atom is -0.478 e. The van der Waals surface area contributed by atoms with Gasteiger partial charge in [-0.25, -0.2) is 4.79 Å². The number of nitrogens with two attached hydrogens (primary N) is 1. The Bertz CT molecular complexity index is 374. The fourth-order valence-electron chi connectivity index (χ4n) is 1.22. The van der Waals surface area contributed by atoms with Crippen LogP contribution in [-0.2, 0) is 0 Å². The highest BCUT2D eigenvalue weighted by atomic mass is 16.4. The van der Waals surface area contributed by atoms with Crippen molar-refractivity contribution in [3.05, 3.63) is 41.7 Å². The number of hydrogen-bond donors (Lipinski definition) is 2. The number of nitrogens with zero attached hydrogens (tertiary/aromatic N) is 1. The average Bonchev–Trinajstić information content (AvgIpc) is 2.15. The maximum atomic E-state index is 10.9. The molecule has 0 aromatic carbocycles. The largest absolute Gasteiger partial charge is 0.478 e. The van der Waals surface area contributed by atoms with Gasteiger partial charge < -0.3 is 10.8 Å². The van der Waals surface area contributed by atoms with Gasteiger partial charge in [-0.05, 0) is 18.6 Å². The predicted octanol–water partition coefficient (Wildman–Crippen LogP) is 1.27. The molecule has 4 heteroatoms. The Kier molecular flexibility index (Phi) is 2.99. The zero-order valence-corrected chi connectivity index (χ0v) is 7.90. The summed E-state index contributed by atoms with van der Waals surface area (Å²) in [6, 6.07) is 1.10. The summed E-state index contributed by atoms with van der Waals surface area (Å²) >= 11 is 0. The quantitative estimate of drug-likeness (QED) is 0.707. The smallest absolute Gasteiger partial charge is 0.337 e. The van der Waals surface area contributed by atoms with Crippen LogP contribution in [0.1, 0.15) is 27.7 Å². The molecule has 0 amide bonds. The summed E-state index contributed by atoms with van der Waals surface area (Å²) in [7, 11) is 0. The van der Waals surface area contributed by atoms with Crippen LogP contribution >= 0.6 is 0 Å². The van der Waals surface area contributed by atoms with Gasteiger partial charge in [0.25, 0.3) is 0 Å². The van der Waals surface area contributed by atoms with Gasteiger partial charge in [-0.15, -0.1) is 6.58 Å². The van der Waals surface area contributed by atoms with Gasteiger partial charge in [-0.1, -0.05) is 6.08 Å². The monoisotopic (exact) mass is 192 g/mol. The molecular weight excluding hydrogens is 180 g/mol. The summed E-state index contributed by atoms with van der Waals surface area (Å²) in [4.78, 5) is 14.9. The molecule has 0 bridgehead atoms.